The third kappa shape index (κ3) is 3.00. The fourth-order valence-corrected chi connectivity index (χ4v) is 1.48. The summed E-state index contributed by atoms with van der Waals surface area (Å²) in [5.41, 5.74) is 0.132. The first-order valence-electron chi connectivity index (χ1n) is 5.29. The van der Waals surface area contributed by atoms with Crippen molar-refractivity contribution in [2.24, 2.45) is 5.41 Å². The van der Waals surface area contributed by atoms with Gasteiger partial charge in [-0.3, -0.25) is 0 Å². The molecule has 3 heteroatoms. The Hall–Kier alpha value is -0.990. The Morgan fingerprint density at radius 3 is 2.06 bits per heavy atom. The van der Waals surface area contributed by atoms with Crippen molar-refractivity contribution in [1.29, 1.82) is 0 Å². The summed E-state index contributed by atoms with van der Waals surface area (Å²) in [4.78, 5) is 0. The highest BCUT2D eigenvalue weighted by Crippen LogP contribution is 2.37. The zero-order valence-electron chi connectivity index (χ0n) is 10.0. The van der Waals surface area contributed by atoms with Crippen LogP contribution in [-0.2, 0) is 6.18 Å². The summed E-state index contributed by atoms with van der Waals surface area (Å²) in [5, 5.41) is 0. The molecule has 1 atom stereocenters. The SMILES string of the molecule is C[C@H](c1cccc(C(F)(F)F)c1)C(C)(C)C. The van der Waals surface area contributed by atoms with Gasteiger partial charge in [0.25, 0.3) is 0 Å². The van der Waals surface area contributed by atoms with Gasteiger partial charge in [0.05, 0.1) is 5.56 Å². The van der Waals surface area contributed by atoms with Crippen LogP contribution in [0.1, 0.15) is 44.7 Å². The summed E-state index contributed by atoms with van der Waals surface area (Å²) in [6.45, 7) is 8.03. The molecule has 1 aromatic rings. The number of alkyl halides is 3. The topological polar surface area (TPSA) is 0 Å². The van der Waals surface area contributed by atoms with Crippen molar-refractivity contribution in [3.63, 3.8) is 0 Å². The van der Waals surface area contributed by atoms with Crippen molar-refractivity contribution in [2.45, 2.75) is 39.8 Å². The molecular formula is C13H17F3. The van der Waals surface area contributed by atoms with Gasteiger partial charge in [-0.2, -0.15) is 13.2 Å². The predicted molar refractivity (Wildman–Crippen MR) is 59.3 cm³/mol. The lowest BCUT2D eigenvalue weighted by Crippen LogP contribution is -2.16. The molecule has 0 amide bonds. The molecule has 90 valence electrons. The molecule has 0 N–H and O–H groups in total. The van der Waals surface area contributed by atoms with E-state index in [4.69, 9.17) is 0 Å². The van der Waals surface area contributed by atoms with Gasteiger partial charge in [-0.1, -0.05) is 45.9 Å². The zero-order valence-corrected chi connectivity index (χ0v) is 10.0. The predicted octanol–water partition coefficient (Wildman–Crippen LogP) is 4.86. The van der Waals surface area contributed by atoms with Crippen LogP contribution in [0, 0.1) is 5.41 Å². The van der Waals surface area contributed by atoms with E-state index < -0.39 is 11.7 Å². The van der Waals surface area contributed by atoms with Gasteiger partial charge in [0.1, 0.15) is 0 Å². The summed E-state index contributed by atoms with van der Waals surface area (Å²) in [5.74, 6) is 0.0924. The fourth-order valence-electron chi connectivity index (χ4n) is 1.48. The van der Waals surface area contributed by atoms with Gasteiger partial charge in [-0.05, 0) is 23.0 Å². The Kier molecular flexibility index (Phi) is 3.36. The van der Waals surface area contributed by atoms with Gasteiger partial charge in [0.2, 0.25) is 0 Å². The molecule has 0 saturated carbocycles. The monoisotopic (exact) mass is 230 g/mol. The molecule has 0 nitrogen and oxygen atoms in total. The summed E-state index contributed by atoms with van der Waals surface area (Å²) in [6.07, 6.45) is -4.26. The Morgan fingerprint density at radius 1 is 1.06 bits per heavy atom. The fraction of sp³-hybridized carbons (Fsp3) is 0.538. The van der Waals surface area contributed by atoms with E-state index in [1.165, 1.54) is 12.1 Å². The summed E-state index contributed by atoms with van der Waals surface area (Å²) in [7, 11) is 0. The Labute approximate surface area is 94.5 Å². The van der Waals surface area contributed by atoms with Crippen molar-refractivity contribution in [1.82, 2.24) is 0 Å². The molecule has 1 aromatic carbocycles. The van der Waals surface area contributed by atoms with E-state index >= 15 is 0 Å². The maximum absolute atomic E-state index is 12.5. The summed E-state index contributed by atoms with van der Waals surface area (Å²) in [6, 6.07) is 5.58. The summed E-state index contributed by atoms with van der Waals surface area (Å²) >= 11 is 0. The van der Waals surface area contributed by atoms with E-state index in [1.807, 2.05) is 27.7 Å². The molecule has 0 heterocycles. The van der Waals surface area contributed by atoms with Gasteiger partial charge in [0.15, 0.2) is 0 Å². The molecular weight excluding hydrogens is 213 g/mol. The van der Waals surface area contributed by atoms with E-state index in [-0.39, 0.29) is 11.3 Å². The minimum atomic E-state index is -4.26. The van der Waals surface area contributed by atoms with E-state index in [2.05, 4.69) is 0 Å². The molecule has 0 radical (unpaired) electrons. The maximum Gasteiger partial charge on any atom is 0.416 e. The van der Waals surface area contributed by atoms with Crippen molar-refractivity contribution in [3.05, 3.63) is 35.4 Å². The third-order valence-corrected chi connectivity index (χ3v) is 3.01. The van der Waals surface area contributed by atoms with Gasteiger partial charge >= 0.3 is 6.18 Å². The van der Waals surface area contributed by atoms with Gasteiger partial charge in [-0.25, -0.2) is 0 Å². The van der Waals surface area contributed by atoms with E-state index in [1.54, 1.807) is 6.07 Å². The number of benzene rings is 1. The van der Waals surface area contributed by atoms with E-state index in [9.17, 15) is 13.2 Å². The minimum Gasteiger partial charge on any atom is -0.166 e. The van der Waals surface area contributed by atoms with Crippen LogP contribution in [0.3, 0.4) is 0 Å². The van der Waals surface area contributed by atoms with Crippen LogP contribution in [0.15, 0.2) is 24.3 Å². The molecule has 16 heavy (non-hydrogen) atoms. The lowest BCUT2D eigenvalue weighted by atomic mass is 9.77. The second-order valence-electron chi connectivity index (χ2n) is 5.21. The standard InChI is InChI=1S/C13H17F3/c1-9(12(2,3)4)10-6-5-7-11(8-10)13(14,15)16/h5-9H,1-4H3/t9-/m1/s1. The molecule has 0 spiro atoms. The number of hydrogen-bond donors (Lipinski definition) is 0. The highest BCUT2D eigenvalue weighted by Gasteiger charge is 2.31. The van der Waals surface area contributed by atoms with Crippen LogP contribution >= 0.6 is 0 Å². The number of rotatable bonds is 1. The first-order valence-corrected chi connectivity index (χ1v) is 5.29. The third-order valence-electron chi connectivity index (χ3n) is 3.01. The Morgan fingerprint density at radius 2 is 1.62 bits per heavy atom. The Bertz CT molecular complexity index is 358. The highest BCUT2D eigenvalue weighted by atomic mass is 19.4. The molecule has 0 aliphatic rings. The van der Waals surface area contributed by atoms with E-state index in [0.29, 0.717) is 0 Å². The average molecular weight is 230 g/mol. The first kappa shape index (κ1) is 13.1. The maximum atomic E-state index is 12.5. The molecule has 0 bridgehead atoms. The van der Waals surface area contributed by atoms with Crippen molar-refractivity contribution in [2.75, 3.05) is 0 Å². The van der Waals surface area contributed by atoms with Crippen molar-refractivity contribution in [3.8, 4) is 0 Å². The zero-order chi connectivity index (χ0) is 12.6. The second kappa shape index (κ2) is 4.11. The quantitative estimate of drug-likeness (QED) is 0.646. The molecule has 0 saturated heterocycles. The van der Waals surface area contributed by atoms with Crippen molar-refractivity contribution >= 4 is 0 Å². The molecule has 0 aliphatic carbocycles. The molecule has 0 aliphatic heterocycles. The lowest BCUT2D eigenvalue weighted by Gasteiger charge is -2.28. The van der Waals surface area contributed by atoms with Crippen LogP contribution in [0.5, 0.6) is 0 Å². The normalized spacial score (nSPS) is 14.9. The largest absolute Gasteiger partial charge is 0.416 e. The van der Waals surface area contributed by atoms with Gasteiger partial charge in [0, 0.05) is 0 Å². The molecule has 0 unspecified atom stereocenters. The van der Waals surface area contributed by atoms with Crippen LogP contribution in [0.2, 0.25) is 0 Å². The molecule has 1 rings (SSSR count). The number of hydrogen-bond acceptors (Lipinski definition) is 0. The minimum absolute atomic E-state index is 0.0375. The van der Waals surface area contributed by atoms with Crippen LogP contribution in [0.25, 0.3) is 0 Å². The summed E-state index contributed by atoms with van der Waals surface area (Å²) < 4.78 is 37.6. The smallest absolute Gasteiger partial charge is 0.166 e. The van der Waals surface area contributed by atoms with E-state index in [0.717, 1.165) is 11.6 Å². The second-order valence-corrected chi connectivity index (χ2v) is 5.21. The molecule has 0 aromatic heterocycles. The Balaban J connectivity index is 3.09. The first-order chi connectivity index (χ1) is 7.12. The van der Waals surface area contributed by atoms with Gasteiger partial charge in [-0.15, -0.1) is 0 Å². The lowest BCUT2D eigenvalue weighted by molar-refractivity contribution is -0.137. The molecule has 0 fully saturated rings. The van der Waals surface area contributed by atoms with Crippen LogP contribution in [0.4, 0.5) is 13.2 Å². The van der Waals surface area contributed by atoms with Gasteiger partial charge < -0.3 is 0 Å². The number of halogens is 3. The van der Waals surface area contributed by atoms with Crippen molar-refractivity contribution < 1.29 is 13.2 Å². The highest BCUT2D eigenvalue weighted by molar-refractivity contribution is 5.28. The average Bonchev–Trinajstić information content (AvgIpc) is 2.14. The van der Waals surface area contributed by atoms with Crippen LogP contribution < -0.4 is 0 Å². The van der Waals surface area contributed by atoms with Crippen LogP contribution in [-0.4, -0.2) is 0 Å².